The van der Waals surface area contributed by atoms with Crippen LogP contribution in [-0.4, -0.2) is 41.9 Å². The number of nitrogens with zero attached hydrogens (tertiary/aromatic N) is 1. The lowest BCUT2D eigenvalue weighted by Gasteiger charge is -2.27. The van der Waals surface area contributed by atoms with Gasteiger partial charge in [-0.3, -0.25) is 9.59 Å². The van der Waals surface area contributed by atoms with E-state index in [1.165, 1.54) is 0 Å². The van der Waals surface area contributed by atoms with Crippen molar-refractivity contribution in [2.75, 3.05) is 13.2 Å². The van der Waals surface area contributed by atoms with Crippen LogP contribution in [0.5, 0.6) is 5.75 Å². The minimum absolute atomic E-state index is 0.0232. The van der Waals surface area contributed by atoms with Crippen LogP contribution in [0.3, 0.4) is 0 Å². The first kappa shape index (κ1) is 14.9. The maximum Gasteiger partial charge on any atom is 0.261 e. The minimum atomic E-state index is -0.0232. The van der Waals surface area contributed by atoms with Crippen molar-refractivity contribution in [3.63, 3.8) is 0 Å². The van der Waals surface area contributed by atoms with Crippen molar-refractivity contribution in [1.29, 1.82) is 0 Å². The molecular weight excluding hydrogens is 280 g/mol. The number of ether oxygens (including phenoxy) is 1. The molecule has 5 heteroatoms. The van der Waals surface area contributed by atoms with Gasteiger partial charge in [0.1, 0.15) is 5.75 Å². The highest BCUT2D eigenvalue weighted by atomic mass is 16.5. The molecule has 2 amide bonds. The average Bonchev–Trinajstić information content (AvgIpc) is 2.79. The maximum absolute atomic E-state index is 12.5. The zero-order valence-electron chi connectivity index (χ0n) is 13.1. The Bertz CT molecular complexity index is 600. The molecule has 0 radical (unpaired) electrons. The lowest BCUT2D eigenvalue weighted by molar-refractivity contribution is -0.136. The predicted molar refractivity (Wildman–Crippen MR) is 82.7 cm³/mol. The number of fused-ring (bicyclic) bond motifs is 2. The SMILES string of the molecule is Cc1ccc(C)c(OCC(=O)N2C3CCC2CC(=O)NC3)c1. The lowest BCUT2D eigenvalue weighted by Crippen LogP contribution is -2.44. The second kappa shape index (κ2) is 5.99. The van der Waals surface area contributed by atoms with Gasteiger partial charge in [-0.15, -0.1) is 0 Å². The van der Waals surface area contributed by atoms with Gasteiger partial charge in [0.15, 0.2) is 6.61 Å². The Labute approximate surface area is 130 Å². The van der Waals surface area contributed by atoms with E-state index >= 15 is 0 Å². The Balaban J connectivity index is 1.67. The molecule has 2 aliphatic heterocycles. The molecule has 2 atom stereocenters. The van der Waals surface area contributed by atoms with Crippen molar-refractivity contribution in [1.82, 2.24) is 10.2 Å². The van der Waals surface area contributed by atoms with Gasteiger partial charge in [-0.25, -0.2) is 0 Å². The summed E-state index contributed by atoms with van der Waals surface area (Å²) in [6, 6.07) is 6.11. The molecule has 2 unspecified atom stereocenters. The van der Waals surface area contributed by atoms with Crippen LogP contribution in [0.2, 0.25) is 0 Å². The number of hydrogen-bond acceptors (Lipinski definition) is 3. The standard InChI is InChI=1S/C17H22N2O3/c1-11-3-4-12(2)15(7-11)22-10-17(21)19-13-5-6-14(19)9-18-16(20)8-13/h3-4,7,13-14H,5-6,8-10H2,1-2H3,(H,18,20). The van der Waals surface area contributed by atoms with E-state index in [-0.39, 0.29) is 30.5 Å². The van der Waals surface area contributed by atoms with Gasteiger partial charge in [-0.2, -0.15) is 0 Å². The first-order valence-electron chi connectivity index (χ1n) is 7.82. The average molecular weight is 302 g/mol. The van der Waals surface area contributed by atoms with E-state index in [1.807, 2.05) is 36.9 Å². The molecule has 2 saturated heterocycles. The fraction of sp³-hybridized carbons (Fsp3) is 0.529. The lowest BCUT2D eigenvalue weighted by atomic mass is 10.1. The topological polar surface area (TPSA) is 58.6 Å². The molecule has 2 fully saturated rings. The molecule has 0 spiro atoms. The van der Waals surface area contributed by atoms with Gasteiger partial charge in [0, 0.05) is 25.0 Å². The third-order valence-corrected chi connectivity index (χ3v) is 4.56. The summed E-state index contributed by atoms with van der Waals surface area (Å²) < 4.78 is 5.73. The molecule has 0 aromatic heterocycles. The Hall–Kier alpha value is -2.04. The summed E-state index contributed by atoms with van der Waals surface area (Å²) in [5, 5.41) is 2.88. The Morgan fingerprint density at radius 3 is 2.91 bits per heavy atom. The van der Waals surface area contributed by atoms with Crippen LogP contribution in [0.15, 0.2) is 18.2 Å². The highest BCUT2D eigenvalue weighted by Gasteiger charge is 2.40. The largest absolute Gasteiger partial charge is 0.483 e. The van der Waals surface area contributed by atoms with Gasteiger partial charge in [-0.05, 0) is 43.9 Å². The van der Waals surface area contributed by atoms with Crippen LogP contribution in [-0.2, 0) is 9.59 Å². The smallest absolute Gasteiger partial charge is 0.261 e. The summed E-state index contributed by atoms with van der Waals surface area (Å²) in [6.07, 6.45) is 2.28. The van der Waals surface area contributed by atoms with Crippen LogP contribution in [0, 0.1) is 13.8 Å². The van der Waals surface area contributed by atoms with Crippen LogP contribution in [0.1, 0.15) is 30.4 Å². The van der Waals surface area contributed by atoms with Gasteiger partial charge in [0.05, 0.1) is 0 Å². The number of carbonyl (C=O) groups excluding carboxylic acids is 2. The van der Waals surface area contributed by atoms with Gasteiger partial charge < -0.3 is 15.0 Å². The number of rotatable bonds is 3. The summed E-state index contributed by atoms with van der Waals surface area (Å²) >= 11 is 0. The van der Waals surface area contributed by atoms with Gasteiger partial charge in [0.2, 0.25) is 5.91 Å². The van der Waals surface area contributed by atoms with E-state index in [0.717, 1.165) is 29.7 Å². The Morgan fingerprint density at radius 2 is 2.09 bits per heavy atom. The fourth-order valence-corrected chi connectivity index (χ4v) is 3.36. The molecule has 0 saturated carbocycles. The van der Waals surface area contributed by atoms with Crippen molar-refractivity contribution in [2.45, 2.75) is 45.2 Å². The summed E-state index contributed by atoms with van der Waals surface area (Å²) in [6.45, 7) is 4.56. The van der Waals surface area contributed by atoms with E-state index in [1.54, 1.807) is 0 Å². The first-order valence-corrected chi connectivity index (χ1v) is 7.82. The maximum atomic E-state index is 12.5. The van der Waals surface area contributed by atoms with Crippen molar-refractivity contribution in [3.8, 4) is 5.75 Å². The first-order chi connectivity index (χ1) is 10.5. The van der Waals surface area contributed by atoms with E-state index in [9.17, 15) is 9.59 Å². The zero-order chi connectivity index (χ0) is 15.7. The number of aryl methyl sites for hydroxylation is 2. The summed E-state index contributed by atoms with van der Waals surface area (Å²) in [7, 11) is 0. The van der Waals surface area contributed by atoms with Crippen LogP contribution >= 0.6 is 0 Å². The van der Waals surface area contributed by atoms with E-state index in [0.29, 0.717) is 13.0 Å². The molecule has 118 valence electrons. The van der Waals surface area contributed by atoms with Crippen LogP contribution < -0.4 is 10.1 Å². The van der Waals surface area contributed by atoms with Crippen molar-refractivity contribution in [3.05, 3.63) is 29.3 Å². The van der Waals surface area contributed by atoms with Gasteiger partial charge >= 0.3 is 0 Å². The van der Waals surface area contributed by atoms with E-state index in [2.05, 4.69) is 5.32 Å². The number of hydrogen-bond donors (Lipinski definition) is 1. The highest BCUT2D eigenvalue weighted by molar-refractivity contribution is 5.82. The third-order valence-electron chi connectivity index (χ3n) is 4.56. The predicted octanol–water partition coefficient (Wildman–Crippen LogP) is 1.56. The quantitative estimate of drug-likeness (QED) is 0.922. The number of amides is 2. The molecule has 1 aromatic carbocycles. The second-order valence-corrected chi connectivity index (χ2v) is 6.25. The van der Waals surface area contributed by atoms with Crippen molar-refractivity contribution >= 4 is 11.8 Å². The van der Waals surface area contributed by atoms with Gasteiger partial charge in [0.25, 0.3) is 5.91 Å². The Kier molecular flexibility index (Phi) is 4.05. The van der Waals surface area contributed by atoms with E-state index < -0.39 is 0 Å². The molecule has 3 rings (SSSR count). The summed E-state index contributed by atoms with van der Waals surface area (Å²) in [5.74, 6) is 0.773. The molecule has 2 bridgehead atoms. The zero-order valence-corrected chi connectivity index (χ0v) is 13.1. The number of nitrogens with one attached hydrogen (secondary N) is 1. The molecule has 2 aliphatic rings. The fourth-order valence-electron chi connectivity index (χ4n) is 3.36. The van der Waals surface area contributed by atoms with Crippen molar-refractivity contribution in [2.24, 2.45) is 0 Å². The molecule has 0 aliphatic carbocycles. The molecule has 1 aromatic rings. The molecule has 2 heterocycles. The van der Waals surface area contributed by atoms with E-state index in [4.69, 9.17) is 4.74 Å². The van der Waals surface area contributed by atoms with Crippen LogP contribution in [0.25, 0.3) is 0 Å². The molecule has 22 heavy (non-hydrogen) atoms. The van der Waals surface area contributed by atoms with Crippen molar-refractivity contribution < 1.29 is 14.3 Å². The summed E-state index contributed by atoms with van der Waals surface area (Å²) in [4.78, 5) is 26.0. The van der Waals surface area contributed by atoms with Crippen LogP contribution in [0.4, 0.5) is 0 Å². The normalized spacial score (nSPS) is 23.9. The summed E-state index contributed by atoms with van der Waals surface area (Å²) in [5.41, 5.74) is 2.13. The number of benzene rings is 1. The molecule has 1 N–H and O–H groups in total. The number of carbonyl (C=O) groups is 2. The highest BCUT2D eigenvalue weighted by Crippen LogP contribution is 2.28. The van der Waals surface area contributed by atoms with Gasteiger partial charge in [-0.1, -0.05) is 12.1 Å². The minimum Gasteiger partial charge on any atom is -0.483 e. The monoisotopic (exact) mass is 302 g/mol. The second-order valence-electron chi connectivity index (χ2n) is 6.25. The molecule has 5 nitrogen and oxygen atoms in total. The molecular formula is C17H22N2O3. The third kappa shape index (κ3) is 2.93. The Morgan fingerprint density at radius 1 is 1.32 bits per heavy atom.